The molecule has 154 valence electrons. The van der Waals surface area contributed by atoms with Gasteiger partial charge in [-0.2, -0.15) is 0 Å². The Morgan fingerprint density at radius 2 is 1.53 bits per heavy atom. The number of esters is 1. The highest BCUT2D eigenvalue weighted by atomic mass is 16.5. The average molecular weight is 407 g/mol. The highest BCUT2D eigenvalue weighted by molar-refractivity contribution is 6.06. The van der Waals surface area contributed by atoms with Crippen molar-refractivity contribution in [3.8, 4) is 33.8 Å². The molecule has 0 saturated heterocycles. The van der Waals surface area contributed by atoms with Crippen LogP contribution in [0.5, 0.6) is 11.5 Å². The third-order valence-electron chi connectivity index (χ3n) is 5.39. The third kappa shape index (κ3) is 3.32. The zero-order valence-corrected chi connectivity index (χ0v) is 17.0. The van der Waals surface area contributed by atoms with E-state index in [-0.39, 0.29) is 30.7 Å². The maximum atomic E-state index is 13.2. The molecule has 0 atom stereocenters. The van der Waals surface area contributed by atoms with Crippen molar-refractivity contribution < 1.29 is 23.8 Å². The molecule has 1 amide bonds. The number of anilines is 1. The molecule has 0 N–H and O–H groups in total. The number of carbonyl (C=O) groups excluding carboxylic acids is 2. The predicted molar refractivity (Wildman–Crippen MR) is 112 cm³/mol. The number of nitrogens with zero attached hydrogens (tertiary/aromatic N) is 1. The lowest BCUT2D eigenvalue weighted by Gasteiger charge is -2.27. The number of methoxy groups -OCH3 is 3. The van der Waals surface area contributed by atoms with Crippen LogP contribution in [0.1, 0.15) is 18.4 Å². The number of fused-ring (bicyclic) bond motifs is 5. The second-order valence-electron chi connectivity index (χ2n) is 7.04. The first-order valence-electron chi connectivity index (χ1n) is 9.50. The number of ether oxygens (including phenoxy) is 3. The van der Waals surface area contributed by atoms with Gasteiger partial charge in [0.15, 0.2) is 5.43 Å². The maximum absolute atomic E-state index is 13.2. The van der Waals surface area contributed by atoms with E-state index in [1.165, 1.54) is 7.11 Å². The van der Waals surface area contributed by atoms with E-state index in [2.05, 4.69) is 4.74 Å². The van der Waals surface area contributed by atoms with E-state index in [0.717, 1.165) is 11.1 Å². The van der Waals surface area contributed by atoms with E-state index < -0.39 is 5.97 Å². The number of hydrogen-bond donors (Lipinski definition) is 0. The molecule has 0 saturated carbocycles. The van der Waals surface area contributed by atoms with Crippen LogP contribution in [0.25, 0.3) is 22.3 Å². The van der Waals surface area contributed by atoms with Gasteiger partial charge in [0.05, 0.1) is 40.0 Å². The standard InChI is InChI=1S/C23H21NO6/c1-28-14-4-6-16-13(10-14)12-24(19(25)8-9-20(26)30-3)18-11-15(29-2)5-7-17(18)22-21(16)23(22)27/h4-7,10-11H,8-9,12H2,1-3H3. The highest BCUT2D eigenvalue weighted by Gasteiger charge is 2.34. The Morgan fingerprint density at radius 3 is 2.20 bits per heavy atom. The lowest BCUT2D eigenvalue weighted by molar-refractivity contribution is -0.141. The van der Waals surface area contributed by atoms with Gasteiger partial charge in [-0.05, 0) is 35.4 Å². The van der Waals surface area contributed by atoms with Crippen LogP contribution < -0.4 is 19.8 Å². The molecule has 0 aliphatic carbocycles. The third-order valence-corrected chi connectivity index (χ3v) is 5.39. The number of amides is 1. The van der Waals surface area contributed by atoms with Gasteiger partial charge in [-0.1, -0.05) is 6.07 Å². The number of hydrogen-bond acceptors (Lipinski definition) is 6. The van der Waals surface area contributed by atoms with Crippen LogP contribution in [0.2, 0.25) is 0 Å². The van der Waals surface area contributed by atoms with Crippen molar-refractivity contribution in [3.63, 3.8) is 0 Å². The molecule has 3 aromatic carbocycles. The van der Waals surface area contributed by atoms with Crippen LogP contribution in [0.3, 0.4) is 0 Å². The van der Waals surface area contributed by atoms with Gasteiger partial charge in [0.1, 0.15) is 11.5 Å². The molecule has 0 aromatic heterocycles. The second-order valence-corrected chi connectivity index (χ2v) is 7.04. The Hall–Kier alpha value is -3.61. The molecule has 4 rings (SSSR count). The molecule has 0 spiro atoms. The zero-order chi connectivity index (χ0) is 21.4. The molecule has 0 unspecified atom stereocenters. The molecule has 7 nitrogen and oxygen atoms in total. The van der Waals surface area contributed by atoms with Crippen LogP contribution >= 0.6 is 0 Å². The molecular weight excluding hydrogens is 386 g/mol. The SMILES string of the molecule is COC(=O)CCC(=O)N1Cc2cc(OC)ccc2-c2c(c2=O)-c2ccc(OC)cc21. The topological polar surface area (TPSA) is 82.1 Å². The summed E-state index contributed by atoms with van der Waals surface area (Å²) in [6, 6.07) is 10.8. The van der Waals surface area contributed by atoms with Gasteiger partial charge in [0, 0.05) is 29.2 Å². The number of benzene rings is 2. The first-order valence-corrected chi connectivity index (χ1v) is 9.50. The molecule has 7 heteroatoms. The highest BCUT2D eigenvalue weighted by Crippen LogP contribution is 2.45. The molecule has 1 aliphatic heterocycles. The summed E-state index contributed by atoms with van der Waals surface area (Å²) in [7, 11) is 4.40. The van der Waals surface area contributed by atoms with E-state index >= 15 is 0 Å². The second kappa shape index (κ2) is 7.67. The molecule has 1 aliphatic rings. The molecule has 0 radical (unpaired) electrons. The van der Waals surface area contributed by atoms with E-state index in [0.29, 0.717) is 33.9 Å². The van der Waals surface area contributed by atoms with E-state index in [9.17, 15) is 14.4 Å². The van der Waals surface area contributed by atoms with Crippen molar-refractivity contribution in [3.05, 3.63) is 52.2 Å². The Labute approximate surface area is 173 Å². The van der Waals surface area contributed by atoms with Gasteiger partial charge in [0.2, 0.25) is 5.91 Å². The fourth-order valence-electron chi connectivity index (χ4n) is 3.75. The summed E-state index contributed by atoms with van der Waals surface area (Å²) in [5.74, 6) is 0.505. The van der Waals surface area contributed by atoms with Crippen LogP contribution in [-0.2, 0) is 20.9 Å². The lowest BCUT2D eigenvalue weighted by atomic mass is 9.98. The van der Waals surface area contributed by atoms with Gasteiger partial charge >= 0.3 is 5.97 Å². The minimum Gasteiger partial charge on any atom is -0.497 e. The summed E-state index contributed by atoms with van der Waals surface area (Å²) in [5, 5.41) is 0. The minimum atomic E-state index is -0.453. The van der Waals surface area contributed by atoms with Gasteiger partial charge in [-0.25, -0.2) is 0 Å². The largest absolute Gasteiger partial charge is 0.497 e. The van der Waals surface area contributed by atoms with Gasteiger partial charge in [-0.3, -0.25) is 14.4 Å². The number of carbonyl (C=O) groups is 2. The monoisotopic (exact) mass is 407 g/mol. The quantitative estimate of drug-likeness (QED) is 0.605. The number of rotatable bonds is 5. The average Bonchev–Trinajstić information content (AvgIpc) is 3.43. The molecule has 0 fully saturated rings. The lowest BCUT2D eigenvalue weighted by Crippen LogP contribution is -2.31. The molecule has 0 bridgehead atoms. The van der Waals surface area contributed by atoms with Crippen molar-refractivity contribution >= 4 is 17.6 Å². The molecule has 30 heavy (non-hydrogen) atoms. The summed E-state index contributed by atoms with van der Waals surface area (Å²) >= 11 is 0. The summed E-state index contributed by atoms with van der Waals surface area (Å²) in [6.07, 6.45) is -0.0363. The van der Waals surface area contributed by atoms with Crippen molar-refractivity contribution in [2.45, 2.75) is 19.4 Å². The molecule has 3 aromatic rings. The van der Waals surface area contributed by atoms with E-state index in [1.54, 1.807) is 43.4 Å². The van der Waals surface area contributed by atoms with Crippen LogP contribution in [0.15, 0.2) is 41.2 Å². The Kier molecular flexibility index (Phi) is 5.03. The van der Waals surface area contributed by atoms with Crippen LogP contribution in [0.4, 0.5) is 5.69 Å². The fraction of sp³-hybridized carbons (Fsp3) is 0.261. The minimum absolute atomic E-state index is 0.0114. The smallest absolute Gasteiger partial charge is 0.306 e. The Balaban J connectivity index is 1.85. The normalized spacial score (nSPS) is 12.3. The summed E-state index contributed by atoms with van der Waals surface area (Å²) in [6.45, 7) is 0.233. The van der Waals surface area contributed by atoms with Gasteiger partial charge in [-0.15, -0.1) is 0 Å². The van der Waals surface area contributed by atoms with Gasteiger partial charge < -0.3 is 19.1 Å². The maximum Gasteiger partial charge on any atom is 0.306 e. The summed E-state index contributed by atoms with van der Waals surface area (Å²) in [4.78, 5) is 39.0. The van der Waals surface area contributed by atoms with Crippen LogP contribution in [0, 0.1) is 0 Å². The predicted octanol–water partition coefficient (Wildman–Crippen LogP) is 3.07. The summed E-state index contributed by atoms with van der Waals surface area (Å²) in [5.41, 5.74) is 4.09. The summed E-state index contributed by atoms with van der Waals surface area (Å²) < 4.78 is 15.3. The van der Waals surface area contributed by atoms with Crippen molar-refractivity contribution in [1.29, 1.82) is 0 Å². The fourth-order valence-corrected chi connectivity index (χ4v) is 3.75. The Bertz CT molecular complexity index is 1150. The van der Waals surface area contributed by atoms with Gasteiger partial charge in [0.25, 0.3) is 0 Å². The first-order chi connectivity index (χ1) is 14.5. The van der Waals surface area contributed by atoms with Crippen molar-refractivity contribution in [2.24, 2.45) is 0 Å². The van der Waals surface area contributed by atoms with E-state index in [1.807, 2.05) is 12.1 Å². The van der Waals surface area contributed by atoms with Crippen molar-refractivity contribution in [1.82, 2.24) is 0 Å². The zero-order valence-electron chi connectivity index (χ0n) is 17.0. The first kappa shape index (κ1) is 19.7. The van der Waals surface area contributed by atoms with E-state index in [4.69, 9.17) is 9.47 Å². The van der Waals surface area contributed by atoms with Crippen molar-refractivity contribution in [2.75, 3.05) is 26.2 Å². The van der Waals surface area contributed by atoms with Crippen LogP contribution in [-0.4, -0.2) is 33.2 Å². The molecular formula is C23H21NO6. The Morgan fingerprint density at radius 1 is 0.900 bits per heavy atom. The molecule has 1 heterocycles.